The second kappa shape index (κ2) is 10.4. The van der Waals surface area contributed by atoms with Crippen molar-refractivity contribution in [3.05, 3.63) is 70.6 Å². The van der Waals surface area contributed by atoms with Crippen molar-refractivity contribution in [2.45, 2.75) is 32.2 Å². The maximum atomic E-state index is 12.3. The first-order valence-electron chi connectivity index (χ1n) is 10.0. The smallest absolute Gasteiger partial charge is 0.226 e. The maximum absolute atomic E-state index is 12.3. The predicted molar refractivity (Wildman–Crippen MR) is 118 cm³/mol. The predicted octanol–water partition coefficient (Wildman–Crippen LogP) is 4.44. The van der Waals surface area contributed by atoms with Gasteiger partial charge in [-0.2, -0.15) is 4.98 Å². The van der Waals surface area contributed by atoms with Crippen molar-refractivity contribution in [1.29, 1.82) is 0 Å². The van der Waals surface area contributed by atoms with Crippen LogP contribution >= 0.6 is 11.6 Å². The zero-order valence-corrected chi connectivity index (χ0v) is 18.3. The average Bonchev–Trinajstić information content (AvgIpc) is 3.18. The fourth-order valence-corrected chi connectivity index (χ4v) is 3.28. The number of aromatic nitrogens is 2. The van der Waals surface area contributed by atoms with Crippen LogP contribution < -0.4 is 5.32 Å². The molecule has 1 amide bonds. The van der Waals surface area contributed by atoms with Crippen molar-refractivity contribution < 1.29 is 9.32 Å². The number of nitrogens with zero attached hydrogens (tertiary/aromatic N) is 3. The Morgan fingerprint density at radius 2 is 1.83 bits per heavy atom. The van der Waals surface area contributed by atoms with Crippen molar-refractivity contribution in [3.63, 3.8) is 0 Å². The first-order chi connectivity index (χ1) is 14.4. The van der Waals surface area contributed by atoms with Crippen LogP contribution in [0, 0.1) is 6.92 Å². The van der Waals surface area contributed by atoms with Gasteiger partial charge in [-0.3, -0.25) is 4.79 Å². The Labute approximate surface area is 182 Å². The minimum absolute atomic E-state index is 0.0198. The van der Waals surface area contributed by atoms with Crippen LogP contribution in [0.25, 0.3) is 11.4 Å². The zero-order chi connectivity index (χ0) is 21.5. The summed E-state index contributed by atoms with van der Waals surface area (Å²) >= 11 is 5.90. The van der Waals surface area contributed by atoms with E-state index in [1.807, 2.05) is 26.2 Å². The molecule has 3 aromatic rings. The molecular formula is C23H27ClN4O2. The number of hydrogen-bond acceptors (Lipinski definition) is 5. The molecule has 2 aromatic carbocycles. The largest absolute Gasteiger partial charge is 0.354 e. The Morgan fingerprint density at radius 1 is 1.13 bits per heavy atom. The highest BCUT2D eigenvalue weighted by Crippen LogP contribution is 2.20. The molecule has 1 N–H and O–H groups in total. The van der Waals surface area contributed by atoms with E-state index in [4.69, 9.17) is 16.1 Å². The number of carbonyl (C=O) groups is 1. The van der Waals surface area contributed by atoms with Crippen molar-refractivity contribution in [3.8, 4) is 11.4 Å². The van der Waals surface area contributed by atoms with Crippen LogP contribution in [-0.2, 0) is 11.2 Å². The number of aryl methyl sites for hydroxylation is 2. The van der Waals surface area contributed by atoms with E-state index < -0.39 is 0 Å². The van der Waals surface area contributed by atoms with Gasteiger partial charge in [-0.1, -0.05) is 46.6 Å². The Balaban J connectivity index is 1.45. The van der Waals surface area contributed by atoms with Gasteiger partial charge in [-0.05, 0) is 57.3 Å². The number of halogens is 1. The Morgan fingerprint density at radius 3 is 2.50 bits per heavy atom. The molecule has 0 saturated heterocycles. The second-order valence-electron chi connectivity index (χ2n) is 7.57. The number of hydrogen-bond donors (Lipinski definition) is 1. The molecule has 3 rings (SSSR count). The summed E-state index contributed by atoms with van der Waals surface area (Å²) in [6.07, 6.45) is 1.61. The Kier molecular flexibility index (Phi) is 7.60. The number of rotatable bonds is 9. The number of nitrogens with one attached hydrogen (secondary N) is 1. The van der Waals surface area contributed by atoms with Crippen LogP contribution in [0.5, 0.6) is 0 Å². The quantitative estimate of drug-likeness (QED) is 0.547. The first-order valence-corrected chi connectivity index (χ1v) is 10.4. The van der Waals surface area contributed by atoms with E-state index in [0.29, 0.717) is 42.5 Å². The van der Waals surface area contributed by atoms with Gasteiger partial charge < -0.3 is 14.7 Å². The van der Waals surface area contributed by atoms with E-state index in [1.165, 1.54) is 11.1 Å². The van der Waals surface area contributed by atoms with Gasteiger partial charge in [0.2, 0.25) is 17.6 Å². The minimum atomic E-state index is 0.0198. The maximum Gasteiger partial charge on any atom is 0.226 e. The standard InChI is InChI=1S/C23H27ClN4O2/c1-16-7-9-17(10-8-16)20(28(2)3)15-25-21(29)5-4-6-22-26-23(27-30-22)18-11-13-19(24)14-12-18/h7-14,20H,4-6,15H2,1-3H3,(H,25,29). The van der Waals surface area contributed by atoms with Crippen LogP contribution in [0.4, 0.5) is 0 Å². The van der Waals surface area contributed by atoms with E-state index in [0.717, 1.165) is 5.56 Å². The molecule has 0 saturated carbocycles. The molecular weight excluding hydrogens is 400 g/mol. The van der Waals surface area contributed by atoms with E-state index >= 15 is 0 Å². The molecule has 0 fully saturated rings. The summed E-state index contributed by atoms with van der Waals surface area (Å²) in [6, 6.07) is 15.8. The van der Waals surface area contributed by atoms with Crippen LogP contribution in [-0.4, -0.2) is 41.6 Å². The van der Waals surface area contributed by atoms with Gasteiger partial charge in [0.05, 0.1) is 6.04 Å². The Hall–Kier alpha value is -2.70. The van der Waals surface area contributed by atoms with Crippen LogP contribution in [0.2, 0.25) is 5.02 Å². The normalized spacial score (nSPS) is 12.2. The molecule has 0 aliphatic carbocycles. The van der Waals surface area contributed by atoms with Gasteiger partial charge in [-0.15, -0.1) is 0 Å². The number of benzene rings is 2. The minimum Gasteiger partial charge on any atom is -0.354 e. The van der Waals surface area contributed by atoms with Gasteiger partial charge in [0.15, 0.2) is 0 Å². The molecule has 0 aliphatic heterocycles. The fraction of sp³-hybridized carbons (Fsp3) is 0.348. The molecule has 1 atom stereocenters. The molecule has 1 aromatic heterocycles. The summed E-state index contributed by atoms with van der Waals surface area (Å²) < 4.78 is 5.30. The van der Waals surface area contributed by atoms with Gasteiger partial charge in [0.1, 0.15) is 0 Å². The van der Waals surface area contributed by atoms with E-state index in [2.05, 4.69) is 51.5 Å². The summed E-state index contributed by atoms with van der Waals surface area (Å²) in [5.41, 5.74) is 3.25. The third-order valence-electron chi connectivity index (χ3n) is 4.94. The van der Waals surface area contributed by atoms with Crippen LogP contribution in [0.1, 0.15) is 35.9 Å². The lowest BCUT2D eigenvalue weighted by atomic mass is 10.0. The summed E-state index contributed by atoms with van der Waals surface area (Å²) in [4.78, 5) is 18.8. The van der Waals surface area contributed by atoms with Crippen LogP contribution in [0.15, 0.2) is 53.1 Å². The first kappa shape index (κ1) is 22.0. The van der Waals surface area contributed by atoms with Crippen molar-refractivity contribution in [1.82, 2.24) is 20.4 Å². The molecule has 6 nitrogen and oxygen atoms in total. The monoisotopic (exact) mass is 426 g/mol. The zero-order valence-electron chi connectivity index (χ0n) is 17.6. The summed E-state index contributed by atoms with van der Waals surface area (Å²) in [5.74, 6) is 1.07. The highest BCUT2D eigenvalue weighted by molar-refractivity contribution is 6.30. The molecule has 0 radical (unpaired) electrons. The van der Waals surface area contributed by atoms with Gasteiger partial charge in [-0.25, -0.2) is 0 Å². The van der Waals surface area contributed by atoms with Crippen LogP contribution in [0.3, 0.4) is 0 Å². The number of amides is 1. The van der Waals surface area contributed by atoms with E-state index in [9.17, 15) is 4.79 Å². The lowest BCUT2D eigenvalue weighted by Crippen LogP contribution is -2.34. The van der Waals surface area contributed by atoms with Crippen molar-refractivity contribution in [2.24, 2.45) is 0 Å². The fourth-order valence-electron chi connectivity index (χ4n) is 3.16. The summed E-state index contributed by atoms with van der Waals surface area (Å²) in [5, 5.41) is 7.70. The van der Waals surface area contributed by atoms with E-state index in [1.54, 1.807) is 12.1 Å². The highest BCUT2D eigenvalue weighted by Gasteiger charge is 2.15. The van der Waals surface area contributed by atoms with E-state index in [-0.39, 0.29) is 11.9 Å². The molecule has 30 heavy (non-hydrogen) atoms. The number of carbonyl (C=O) groups excluding carboxylic acids is 1. The summed E-state index contributed by atoms with van der Waals surface area (Å²) in [6.45, 7) is 2.63. The van der Waals surface area contributed by atoms with Crippen molar-refractivity contribution >= 4 is 17.5 Å². The lowest BCUT2D eigenvalue weighted by molar-refractivity contribution is -0.121. The molecule has 158 valence electrons. The van der Waals surface area contributed by atoms with Gasteiger partial charge in [0, 0.05) is 30.0 Å². The van der Waals surface area contributed by atoms with Gasteiger partial charge in [0.25, 0.3) is 0 Å². The van der Waals surface area contributed by atoms with Crippen molar-refractivity contribution in [2.75, 3.05) is 20.6 Å². The lowest BCUT2D eigenvalue weighted by Gasteiger charge is -2.25. The highest BCUT2D eigenvalue weighted by atomic mass is 35.5. The topological polar surface area (TPSA) is 71.3 Å². The molecule has 1 unspecified atom stereocenters. The number of likely N-dealkylation sites (N-methyl/N-ethyl adjacent to an activating group) is 1. The summed E-state index contributed by atoms with van der Waals surface area (Å²) in [7, 11) is 4.04. The third-order valence-corrected chi connectivity index (χ3v) is 5.20. The molecule has 7 heteroatoms. The van der Waals surface area contributed by atoms with Gasteiger partial charge >= 0.3 is 0 Å². The Bertz CT molecular complexity index is 952. The molecule has 0 spiro atoms. The second-order valence-corrected chi connectivity index (χ2v) is 8.00. The SMILES string of the molecule is Cc1ccc(C(CNC(=O)CCCc2nc(-c3ccc(Cl)cc3)no2)N(C)C)cc1. The molecule has 0 aliphatic rings. The average molecular weight is 427 g/mol. The molecule has 1 heterocycles. The third kappa shape index (κ3) is 6.15. The molecule has 0 bridgehead atoms.